The van der Waals surface area contributed by atoms with Gasteiger partial charge in [0.05, 0.1) is 5.69 Å². The predicted octanol–water partition coefficient (Wildman–Crippen LogP) is 1.24. The molecule has 0 aliphatic rings. The zero-order valence-corrected chi connectivity index (χ0v) is 12.3. The van der Waals surface area contributed by atoms with Crippen LogP contribution in [0.5, 0.6) is 0 Å². The molecule has 0 atom stereocenters. The van der Waals surface area contributed by atoms with Gasteiger partial charge in [-0.1, -0.05) is 0 Å². The first-order valence-electron chi connectivity index (χ1n) is 6.77. The molecule has 5 nitrogen and oxygen atoms in total. The molecular formula is C14H23N5. The Labute approximate surface area is 114 Å². The maximum atomic E-state index is 4.64. The molecule has 0 spiro atoms. The van der Waals surface area contributed by atoms with Gasteiger partial charge in [-0.25, -0.2) is 4.98 Å². The molecule has 0 fully saturated rings. The molecule has 0 aliphatic heterocycles. The molecule has 2 heterocycles. The molecule has 5 heteroatoms. The van der Waals surface area contributed by atoms with E-state index >= 15 is 0 Å². The van der Waals surface area contributed by atoms with Crippen LogP contribution in [0.25, 0.3) is 0 Å². The number of nitrogens with one attached hydrogen (secondary N) is 1. The van der Waals surface area contributed by atoms with Crippen LogP contribution >= 0.6 is 0 Å². The fraction of sp³-hybridized carbons (Fsp3) is 0.571. The van der Waals surface area contributed by atoms with Crippen molar-refractivity contribution < 1.29 is 0 Å². The highest BCUT2D eigenvalue weighted by Gasteiger charge is 2.11. The number of hydrogen-bond donors (Lipinski definition) is 1. The van der Waals surface area contributed by atoms with Gasteiger partial charge in [0.2, 0.25) is 0 Å². The number of imidazole rings is 1. The number of aryl methyl sites for hydroxylation is 4. The van der Waals surface area contributed by atoms with Crippen LogP contribution in [0.15, 0.2) is 12.4 Å². The number of likely N-dealkylation sites (N-methyl/N-ethyl adjacent to an activating group) is 1. The van der Waals surface area contributed by atoms with Gasteiger partial charge >= 0.3 is 0 Å². The second-order valence-corrected chi connectivity index (χ2v) is 4.93. The van der Waals surface area contributed by atoms with Crippen LogP contribution in [0.2, 0.25) is 0 Å². The lowest BCUT2D eigenvalue weighted by molar-refractivity contribution is 0.572. The van der Waals surface area contributed by atoms with Crippen molar-refractivity contribution in [3.63, 3.8) is 0 Å². The van der Waals surface area contributed by atoms with Crippen molar-refractivity contribution in [1.82, 2.24) is 24.6 Å². The summed E-state index contributed by atoms with van der Waals surface area (Å²) in [6.07, 6.45) is 5.78. The SMILES string of the molecule is CNCCc1c(C)nn(CCc2nccn2C)c1C. The normalized spacial score (nSPS) is 11.2. The Morgan fingerprint density at radius 3 is 2.68 bits per heavy atom. The van der Waals surface area contributed by atoms with Crippen molar-refractivity contribution in [3.8, 4) is 0 Å². The van der Waals surface area contributed by atoms with E-state index < -0.39 is 0 Å². The third-order valence-corrected chi connectivity index (χ3v) is 3.62. The van der Waals surface area contributed by atoms with Gasteiger partial charge in [0, 0.05) is 38.1 Å². The van der Waals surface area contributed by atoms with Gasteiger partial charge in [0.25, 0.3) is 0 Å². The number of nitrogens with zero attached hydrogens (tertiary/aromatic N) is 4. The second-order valence-electron chi connectivity index (χ2n) is 4.93. The number of aromatic nitrogens is 4. The summed E-state index contributed by atoms with van der Waals surface area (Å²) in [5, 5.41) is 7.84. The van der Waals surface area contributed by atoms with E-state index in [0.717, 1.165) is 37.4 Å². The highest BCUT2D eigenvalue weighted by molar-refractivity contribution is 5.24. The highest BCUT2D eigenvalue weighted by atomic mass is 15.3. The molecule has 0 radical (unpaired) electrons. The third-order valence-electron chi connectivity index (χ3n) is 3.62. The van der Waals surface area contributed by atoms with Crippen LogP contribution in [0.1, 0.15) is 22.8 Å². The molecule has 0 saturated heterocycles. The van der Waals surface area contributed by atoms with Crippen LogP contribution < -0.4 is 5.32 Å². The summed E-state index contributed by atoms with van der Waals surface area (Å²) in [5.41, 5.74) is 3.80. The summed E-state index contributed by atoms with van der Waals surface area (Å²) in [4.78, 5) is 4.35. The van der Waals surface area contributed by atoms with E-state index in [1.165, 1.54) is 11.3 Å². The Bertz CT molecular complexity index is 538. The third kappa shape index (κ3) is 3.04. The Kier molecular flexibility index (Phi) is 4.37. The molecule has 0 unspecified atom stereocenters. The molecule has 2 aromatic heterocycles. The Balaban J connectivity index is 2.07. The first kappa shape index (κ1) is 13.8. The van der Waals surface area contributed by atoms with Crippen LogP contribution in [0.4, 0.5) is 0 Å². The summed E-state index contributed by atoms with van der Waals surface area (Å²) in [7, 11) is 4.01. The van der Waals surface area contributed by atoms with Gasteiger partial charge in [-0.2, -0.15) is 5.10 Å². The molecule has 2 aromatic rings. The van der Waals surface area contributed by atoms with Crippen LogP contribution in [-0.4, -0.2) is 32.9 Å². The van der Waals surface area contributed by atoms with Crippen molar-refractivity contribution in [1.29, 1.82) is 0 Å². The fourth-order valence-corrected chi connectivity index (χ4v) is 2.41. The standard InChI is InChI=1S/C14H23N5/c1-11-13(5-7-15-3)12(2)19(17-11)9-6-14-16-8-10-18(14)4/h8,10,15H,5-7,9H2,1-4H3. The van der Waals surface area contributed by atoms with Crippen molar-refractivity contribution >= 4 is 0 Å². The average Bonchev–Trinajstić information content (AvgIpc) is 2.90. The van der Waals surface area contributed by atoms with E-state index in [0.29, 0.717) is 0 Å². The lowest BCUT2D eigenvalue weighted by atomic mass is 10.1. The summed E-state index contributed by atoms with van der Waals surface area (Å²) < 4.78 is 4.17. The summed E-state index contributed by atoms with van der Waals surface area (Å²) in [6.45, 7) is 6.13. The summed E-state index contributed by atoms with van der Waals surface area (Å²) in [5.74, 6) is 1.10. The monoisotopic (exact) mass is 261 g/mol. The molecule has 0 aromatic carbocycles. The number of rotatable bonds is 6. The summed E-state index contributed by atoms with van der Waals surface area (Å²) >= 11 is 0. The molecule has 104 valence electrons. The number of hydrogen-bond acceptors (Lipinski definition) is 3. The van der Waals surface area contributed by atoms with Crippen LogP contribution in [0, 0.1) is 13.8 Å². The molecule has 0 bridgehead atoms. The minimum absolute atomic E-state index is 0.886. The van der Waals surface area contributed by atoms with Gasteiger partial charge in [0.1, 0.15) is 5.82 Å². The van der Waals surface area contributed by atoms with Crippen molar-refractivity contribution in [3.05, 3.63) is 35.2 Å². The maximum Gasteiger partial charge on any atom is 0.110 e. The minimum Gasteiger partial charge on any atom is -0.338 e. The quantitative estimate of drug-likeness (QED) is 0.851. The first-order valence-corrected chi connectivity index (χ1v) is 6.77. The van der Waals surface area contributed by atoms with Crippen molar-refractivity contribution in [2.45, 2.75) is 33.2 Å². The largest absolute Gasteiger partial charge is 0.338 e. The molecule has 1 N–H and O–H groups in total. The van der Waals surface area contributed by atoms with Crippen molar-refractivity contribution in [2.24, 2.45) is 7.05 Å². The van der Waals surface area contributed by atoms with E-state index in [-0.39, 0.29) is 0 Å². The van der Waals surface area contributed by atoms with Gasteiger partial charge in [0.15, 0.2) is 0 Å². The average molecular weight is 261 g/mol. The zero-order valence-electron chi connectivity index (χ0n) is 12.3. The highest BCUT2D eigenvalue weighted by Crippen LogP contribution is 2.14. The van der Waals surface area contributed by atoms with E-state index in [1.54, 1.807) is 0 Å². The zero-order chi connectivity index (χ0) is 13.8. The van der Waals surface area contributed by atoms with Crippen LogP contribution in [0.3, 0.4) is 0 Å². The van der Waals surface area contributed by atoms with Crippen molar-refractivity contribution in [2.75, 3.05) is 13.6 Å². The smallest absolute Gasteiger partial charge is 0.110 e. The van der Waals surface area contributed by atoms with E-state index in [2.05, 4.69) is 38.5 Å². The maximum absolute atomic E-state index is 4.64. The predicted molar refractivity (Wildman–Crippen MR) is 76.2 cm³/mol. The van der Waals surface area contributed by atoms with E-state index in [1.807, 2.05) is 26.5 Å². The lowest BCUT2D eigenvalue weighted by Crippen LogP contribution is -2.12. The van der Waals surface area contributed by atoms with E-state index in [4.69, 9.17) is 0 Å². The van der Waals surface area contributed by atoms with Gasteiger partial charge in [-0.05, 0) is 39.4 Å². The minimum atomic E-state index is 0.886. The molecule has 2 rings (SSSR count). The van der Waals surface area contributed by atoms with E-state index in [9.17, 15) is 0 Å². The fourth-order valence-electron chi connectivity index (χ4n) is 2.41. The first-order chi connectivity index (χ1) is 9.13. The van der Waals surface area contributed by atoms with Gasteiger partial charge in [-0.15, -0.1) is 0 Å². The molecule has 19 heavy (non-hydrogen) atoms. The molecule has 0 saturated carbocycles. The summed E-state index contributed by atoms with van der Waals surface area (Å²) in [6, 6.07) is 0. The van der Waals surface area contributed by atoms with Crippen LogP contribution in [-0.2, 0) is 26.4 Å². The molecule has 0 amide bonds. The van der Waals surface area contributed by atoms with Gasteiger partial charge in [-0.3, -0.25) is 4.68 Å². The molecular weight excluding hydrogens is 238 g/mol. The molecule has 0 aliphatic carbocycles. The topological polar surface area (TPSA) is 47.7 Å². The van der Waals surface area contributed by atoms with Gasteiger partial charge < -0.3 is 9.88 Å². The Morgan fingerprint density at radius 2 is 2.05 bits per heavy atom. The Morgan fingerprint density at radius 1 is 1.26 bits per heavy atom. The lowest BCUT2D eigenvalue weighted by Gasteiger charge is -2.06. The Hall–Kier alpha value is -1.62. The second kappa shape index (κ2) is 6.02.